The molecule has 0 spiro atoms. The Bertz CT molecular complexity index is 899. The summed E-state index contributed by atoms with van der Waals surface area (Å²) in [7, 11) is 1.70. The highest BCUT2D eigenvalue weighted by atomic mass is 16.5. The van der Waals surface area contributed by atoms with E-state index in [4.69, 9.17) is 9.72 Å². The predicted molar refractivity (Wildman–Crippen MR) is 124 cm³/mol. The number of aryl methyl sites for hydroxylation is 2. The molecular weight excluding hydrogens is 404 g/mol. The molecule has 2 amide bonds. The van der Waals surface area contributed by atoms with E-state index in [1.54, 1.807) is 7.11 Å². The van der Waals surface area contributed by atoms with E-state index in [1.165, 1.54) is 16.7 Å². The van der Waals surface area contributed by atoms with Crippen LogP contribution < -0.4 is 0 Å². The van der Waals surface area contributed by atoms with E-state index in [0.717, 1.165) is 25.2 Å². The monoisotopic (exact) mass is 440 g/mol. The first-order chi connectivity index (χ1) is 15.4. The molecular formula is C25H36N4O3. The minimum Gasteiger partial charge on any atom is -0.393 e. The molecule has 2 atom stereocenters. The Morgan fingerprint density at radius 2 is 1.78 bits per heavy atom. The van der Waals surface area contributed by atoms with Gasteiger partial charge in [0.15, 0.2) is 0 Å². The van der Waals surface area contributed by atoms with Crippen molar-refractivity contribution in [2.75, 3.05) is 39.9 Å². The first kappa shape index (κ1) is 22.8. The molecule has 1 aromatic heterocycles. The molecule has 4 rings (SSSR count). The highest BCUT2D eigenvalue weighted by molar-refractivity contribution is 5.75. The second kappa shape index (κ2) is 10.0. The quantitative estimate of drug-likeness (QED) is 0.775. The van der Waals surface area contributed by atoms with Gasteiger partial charge in [-0.05, 0) is 38.7 Å². The number of benzene rings is 1. The summed E-state index contributed by atoms with van der Waals surface area (Å²) in [5.74, 6) is 0.466. The first-order valence-corrected chi connectivity index (χ1v) is 11.7. The van der Waals surface area contributed by atoms with E-state index in [-0.39, 0.29) is 24.0 Å². The number of methoxy groups -OCH3 is 1. The summed E-state index contributed by atoms with van der Waals surface area (Å²) in [6.45, 7) is 8.35. The van der Waals surface area contributed by atoms with Crippen molar-refractivity contribution in [1.82, 2.24) is 19.4 Å². The lowest BCUT2D eigenvalue weighted by Gasteiger charge is -2.41. The third kappa shape index (κ3) is 5.33. The summed E-state index contributed by atoms with van der Waals surface area (Å²) in [5.41, 5.74) is 4.86. The van der Waals surface area contributed by atoms with Crippen LogP contribution in [0.4, 0.5) is 4.79 Å². The maximum atomic E-state index is 13.4. The van der Waals surface area contributed by atoms with Gasteiger partial charge in [-0.1, -0.05) is 29.3 Å². The number of hydrogen-bond acceptors (Lipinski definition) is 4. The number of rotatable bonds is 5. The molecule has 2 aromatic rings. The molecule has 0 saturated carbocycles. The summed E-state index contributed by atoms with van der Waals surface area (Å²) in [6.07, 6.45) is 5.99. The molecule has 2 fully saturated rings. The predicted octanol–water partition coefficient (Wildman–Crippen LogP) is 3.30. The second-order valence-electron chi connectivity index (χ2n) is 9.49. The summed E-state index contributed by atoms with van der Waals surface area (Å²) >= 11 is 0. The van der Waals surface area contributed by atoms with Gasteiger partial charge in [-0.15, -0.1) is 0 Å². The van der Waals surface area contributed by atoms with Gasteiger partial charge in [0.1, 0.15) is 0 Å². The van der Waals surface area contributed by atoms with Crippen LogP contribution in [0.1, 0.15) is 53.5 Å². The van der Waals surface area contributed by atoms with E-state index in [2.05, 4.69) is 42.8 Å². The number of urea groups is 1. The molecule has 0 radical (unpaired) electrons. The topological polar surface area (TPSA) is 70.8 Å². The van der Waals surface area contributed by atoms with Crippen LogP contribution in [0.2, 0.25) is 0 Å². The average Bonchev–Trinajstić information content (AvgIpc) is 3.26. The Hall–Kier alpha value is -2.38. The van der Waals surface area contributed by atoms with Gasteiger partial charge in [0.2, 0.25) is 0 Å². The van der Waals surface area contributed by atoms with Crippen molar-refractivity contribution < 1.29 is 14.6 Å². The Balaban J connectivity index is 1.57. The number of carbonyl (C=O) groups is 1. The normalized spacial score (nSPS) is 22.4. The van der Waals surface area contributed by atoms with Crippen molar-refractivity contribution in [2.24, 2.45) is 0 Å². The number of hydrogen-bond donors (Lipinski definition) is 1. The third-order valence-corrected chi connectivity index (χ3v) is 6.80. The standard InChI is InChI=1S/C25H36N4O3/c1-18-10-19(2)12-20(11-18)21-13-22(24-16-27(17-26-24)8-9-32-3)15-29(14-21)25(31)28-6-4-23(30)5-7-28/h10-12,16-17,21-23,30H,4-9,13-15H2,1-3H3. The molecule has 0 aliphatic carbocycles. The van der Waals surface area contributed by atoms with Crippen LogP contribution in [0.25, 0.3) is 0 Å². The molecule has 2 aliphatic heterocycles. The average molecular weight is 441 g/mol. The fraction of sp³-hybridized carbons (Fsp3) is 0.600. The van der Waals surface area contributed by atoms with Crippen LogP contribution in [0.5, 0.6) is 0 Å². The maximum absolute atomic E-state index is 13.4. The van der Waals surface area contributed by atoms with Crippen molar-refractivity contribution in [3.8, 4) is 0 Å². The minimum atomic E-state index is -0.285. The number of aliphatic hydroxyl groups is 1. The van der Waals surface area contributed by atoms with Gasteiger partial charge in [0.05, 0.1) is 24.7 Å². The van der Waals surface area contributed by atoms with E-state index in [0.29, 0.717) is 39.1 Å². The summed E-state index contributed by atoms with van der Waals surface area (Å²) in [6, 6.07) is 6.81. The molecule has 7 nitrogen and oxygen atoms in total. The molecule has 1 N–H and O–H groups in total. The lowest BCUT2D eigenvalue weighted by atomic mass is 9.82. The summed E-state index contributed by atoms with van der Waals surface area (Å²) in [4.78, 5) is 22.0. The molecule has 7 heteroatoms. The molecule has 32 heavy (non-hydrogen) atoms. The van der Waals surface area contributed by atoms with E-state index >= 15 is 0 Å². The van der Waals surface area contributed by atoms with Crippen molar-refractivity contribution in [1.29, 1.82) is 0 Å². The Kier molecular flexibility index (Phi) is 7.16. The van der Waals surface area contributed by atoms with Crippen LogP contribution in [-0.4, -0.2) is 76.5 Å². The second-order valence-corrected chi connectivity index (χ2v) is 9.49. The largest absolute Gasteiger partial charge is 0.393 e. The van der Waals surface area contributed by atoms with E-state index in [1.807, 2.05) is 16.1 Å². The third-order valence-electron chi connectivity index (χ3n) is 6.80. The van der Waals surface area contributed by atoms with Crippen molar-refractivity contribution >= 4 is 6.03 Å². The highest BCUT2D eigenvalue weighted by Crippen LogP contribution is 2.36. The maximum Gasteiger partial charge on any atom is 0.320 e. The van der Waals surface area contributed by atoms with Crippen molar-refractivity contribution in [3.63, 3.8) is 0 Å². The number of nitrogens with zero attached hydrogens (tertiary/aromatic N) is 4. The van der Waals surface area contributed by atoms with Crippen LogP contribution in [0.15, 0.2) is 30.7 Å². The molecule has 2 saturated heterocycles. The van der Waals surface area contributed by atoms with Crippen LogP contribution in [0, 0.1) is 13.8 Å². The zero-order valence-electron chi connectivity index (χ0n) is 19.5. The number of ether oxygens (including phenoxy) is 1. The highest BCUT2D eigenvalue weighted by Gasteiger charge is 2.35. The Morgan fingerprint density at radius 3 is 2.47 bits per heavy atom. The van der Waals surface area contributed by atoms with Gasteiger partial charge >= 0.3 is 6.03 Å². The SMILES string of the molecule is COCCn1cnc(C2CC(c3cc(C)cc(C)c3)CN(C(=O)N3CCC(O)CC3)C2)c1. The lowest BCUT2D eigenvalue weighted by Crippen LogP contribution is -2.51. The number of aliphatic hydroxyl groups excluding tert-OH is 1. The smallest absolute Gasteiger partial charge is 0.320 e. The van der Waals surface area contributed by atoms with Gasteiger partial charge in [-0.2, -0.15) is 0 Å². The number of amides is 2. The Morgan fingerprint density at radius 1 is 1.09 bits per heavy atom. The molecule has 3 heterocycles. The number of aromatic nitrogens is 2. The van der Waals surface area contributed by atoms with E-state index < -0.39 is 0 Å². The number of likely N-dealkylation sites (tertiary alicyclic amines) is 2. The zero-order chi connectivity index (χ0) is 22.7. The van der Waals surface area contributed by atoms with Crippen LogP contribution in [-0.2, 0) is 11.3 Å². The minimum absolute atomic E-state index is 0.0924. The van der Waals surface area contributed by atoms with Gasteiger partial charge in [-0.25, -0.2) is 9.78 Å². The van der Waals surface area contributed by atoms with Crippen LogP contribution in [0.3, 0.4) is 0 Å². The van der Waals surface area contributed by atoms with E-state index in [9.17, 15) is 9.90 Å². The van der Waals surface area contributed by atoms with Gasteiger partial charge in [-0.3, -0.25) is 0 Å². The Labute approximate surface area is 191 Å². The first-order valence-electron chi connectivity index (χ1n) is 11.7. The van der Waals surface area contributed by atoms with Crippen molar-refractivity contribution in [3.05, 3.63) is 53.1 Å². The van der Waals surface area contributed by atoms with Crippen LogP contribution >= 0.6 is 0 Å². The molecule has 0 bridgehead atoms. The number of piperidine rings is 2. The zero-order valence-corrected chi connectivity index (χ0v) is 19.5. The molecule has 2 unspecified atom stereocenters. The fourth-order valence-electron chi connectivity index (χ4n) is 5.12. The van der Waals surface area contributed by atoms with Gasteiger partial charge < -0.3 is 24.2 Å². The summed E-state index contributed by atoms with van der Waals surface area (Å²) in [5, 5.41) is 9.85. The number of imidazole rings is 1. The van der Waals surface area contributed by atoms with Gasteiger partial charge in [0.25, 0.3) is 0 Å². The summed E-state index contributed by atoms with van der Waals surface area (Å²) < 4.78 is 7.26. The molecule has 2 aliphatic rings. The molecule has 1 aromatic carbocycles. The fourth-order valence-corrected chi connectivity index (χ4v) is 5.12. The lowest BCUT2D eigenvalue weighted by molar-refractivity contribution is 0.0755. The number of carbonyl (C=O) groups excluding carboxylic acids is 1. The van der Waals surface area contributed by atoms with Crippen molar-refractivity contribution in [2.45, 2.75) is 57.6 Å². The molecule has 174 valence electrons. The van der Waals surface area contributed by atoms with Gasteiger partial charge in [0, 0.05) is 57.9 Å².